The predicted molar refractivity (Wildman–Crippen MR) is 68.1 cm³/mol. The molecule has 0 radical (unpaired) electrons. The van der Waals surface area contributed by atoms with E-state index in [9.17, 15) is 0 Å². The number of hydrogen-bond acceptors (Lipinski definition) is 3. The maximum atomic E-state index is 5.96. The van der Waals surface area contributed by atoms with Crippen molar-refractivity contribution in [3.8, 4) is 5.69 Å². The minimum atomic E-state index is 0.205. The molecule has 90 valence electrons. The molecule has 0 fully saturated rings. The van der Waals surface area contributed by atoms with Gasteiger partial charge in [-0.2, -0.15) is 0 Å². The Kier molecular flexibility index (Phi) is 3.54. The van der Waals surface area contributed by atoms with Gasteiger partial charge in [0.05, 0.1) is 11.9 Å². The third-order valence-electron chi connectivity index (χ3n) is 2.91. The van der Waals surface area contributed by atoms with Gasteiger partial charge in [0.25, 0.3) is 0 Å². The van der Waals surface area contributed by atoms with Crippen molar-refractivity contribution in [1.82, 2.24) is 14.5 Å². The fraction of sp³-hybridized carbons (Fsp3) is 0.385. The molecule has 4 heteroatoms. The number of hydrogen-bond donors (Lipinski definition) is 1. The lowest BCUT2D eigenvalue weighted by molar-refractivity contribution is 0.645. The van der Waals surface area contributed by atoms with Crippen LogP contribution in [0, 0.1) is 6.92 Å². The Morgan fingerprint density at radius 2 is 2.24 bits per heavy atom. The quantitative estimate of drug-likeness (QED) is 0.872. The summed E-state index contributed by atoms with van der Waals surface area (Å²) in [6.07, 6.45) is 9.30. The molecule has 1 atom stereocenters. The molecule has 0 saturated carbocycles. The van der Waals surface area contributed by atoms with Gasteiger partial charge in [-0.15, -0.1) is 0 Å². The lowest BCUT2D eigenvalue weighted by Gasteiger charge is -2.10. The molecule has 0 saturated heterocycles. The second-order valence-corrected chi connectivity index (χ2v) is 4.27. The minimum Gasteiger partial charge on any atom is -0.327 e. The highest BCUT2D eigenvalue weighted by molar-refractivity contribution is 5.33. The van der Waals surface area contributed by atoms with Crippen molar-refractivity contribution in [2.45, 2.75) is 32.7 Å². The first-order valence-electron chi connectivity index (χ1n) is 5.90. The average molecular weight is 230 g/mol. The van der Waals surface area contributed by atoms with E-state index in [0.29, 0.717) is 0 Å². The van der Waals surface area contributed by atoms with Crippen molar-refractivity contribution in [2.24, 2.45) is 5.73 Å². The zero-order valence-electron chi connectivity index (χ0n) is 10.3. The van der Waals surface area contributed by atoms with E-state index >= 15 is 0 Å². The van der Waals surface area contributed by atoms with Crippen molar-refractivity contribution >= 4 is 0 Å². The summed E-state index contributed by atoms with van der Waals surface area (Å²) in [6.45, 7) is 4.08. The fourth-order valence-corrected chi connectivity index (χ4v) is 1.82. The van der Waals surface area contributed by atoms with Crippen LogP contribution in [-0.2, 0) is 6.42 Å². The average Bonchev–Trinajstić information content (AvgIpc) is 2.75. The molecule has 17 heavy (non-hydrogen) atoms. The minimum absolute atomic E-state index is 0.205. The van der Waals surface area contributed by atoms with Crippen LogP contribution in [-0.4, -0.2) is 20.6 Å². The lowest BCUT2D eigenvalue weighted by atomic mass is 10.1. The molecule has 4 nitrogen and oxygen atoms in total. The Bertz CT molecular complexity index is 490. The maximum absolute atomic E-state index is 5.96. The monoisotopic (exact) mass is 230 g/mol. The highest BCUT2D eigenvalue weighted by atomic mass is 15.1. The van der Waals surface area contributed by atoms with Gasteiger partial charge in [0, 0.05) is 24.6 Å². The SMILES string of the molecule is CCC(N)Cc1cncc(-n2ccnc2C)c1. The zero-order chi connectivity index (χ0) is 12.3. The molecular formula is C13H18N4. The number of imidazole rings is 1. The first kappa shape index (κ1) is 11.8. The number of aryl methyl sites for hydroxylation is 1. The molecule has 2 rings (SSSR count). The summed E-state index contributed by atoms with van der Waals surface area (Å²) in [5.74, 6) is 0.962. The van der Waals surface area contributed by atoms with Gasteiger partial charge in [-0.3, -0.25) is 4.98 Å². The van der Waals surface area contributed by atoms with Crippen molar-refractivity contribution in [1.29, 1.82) is 0 Å². The van der Waals surface area contributed by atoms with E-state index in [1.807, 2.05) is 30.1 Å². The standard InChI is InChI=1S/C13H18N4/c1-3-12(14)6-11-7-13(9-15-8-11)17-5-4-16-10(17)2/h4-5,7-9,12H,3,6,14H2,1-2H3. The van der Waals surface area contributed by atoms with E-state index in [1.54, 1.807) is 6.20 Å². The largest absolute Gasteiger partial charge is 0.327 e. The van der Waals surface area contributed by atoms with Gasteiger partial charge in [-0.05, 0) is 31.4 Å². The number of aromatic nitrogens is 3. The van der Waals surface area contributed by atoms with Gasteiger partial charge in [0.2, 0.25) is 0 Å². The van der Waals surface area contributed by atoms with Crippen LogP contribution in [0.1, 0.15) is 24.7 Å². The van der Waals surface area contributed by atoms with E-state index in [-0.39, 0.29) is 6.04 Å². The number of rotatable bonds is 4. The van der Waals surface area contributed by atoms with Gasteiger partial charge < -0.3 is 10.3 Å². The van der Waals surface area contributed by atoms with Crippen LogP contribution in [0.3, 0.4) is 0 Å². The van der Waals surface area contributed by atoms with Crippen LogP contribution in [0.25, 0.3) is 5.69 Å². The van der Waals surface area contributed by atoms with E-state index < -0.39 is 0 Å². The first-order valence-corrected chi connectivity index (χ1v) is 5.90. The Labute approximate surface area is 102 Å². The number of nitrogens with two attached hydrogens (primary N) is 1. The van der Waals surface area contributed by atoms with E-state index in [4.69, 9.17) is 5.73 Å². The van der Waals surface area contributed by atoms with Crippen molar-refractivity contribution in [2.75, 3.05) is 0 Å². The third kappa shape index (κ3) is 2.71. The molecule has 0 bridgehead atoms. The van der Waals surface area contributed by atoms with Crippen LogP contribution in [0.15, 0.2) is 30.9 Å². The summed E-state index contributed by atoms with van der Waals surface area (Å²) in [5, 5.41) is 0. The molecule has 0 amide bonds. The van der Waals surface area contributed by atoms with Gasteiger partial charge >= 0.3 is 0 Å². The normalized spacial score (nSPS) is 12.6. The van der Waals surface area contributed by atoms with Gasteiger partial charge in [0.15, 0.2) is 0 Å². The third-order valence-corrected chi connectivity index (χ3v) is 2.91. The number of pyridine rings is 1. The Hall–Kier alpha value is -1.68. The van der Waals surface area contributed by atoms with Crippen molar-refractivity contribution in [3.05, 3.63) is 42.2 Å². The topological polar surface area (TPSA) is 56.7 Å². The molecule has 2 aromatic heterocycles. The highest BCUT2D eigenvalue weighted by Gasteiger charge is 2.05. The van der Waals surface area contributed by atoms with E-state index in [1.165, 1.54) is 5.56 Å². The van der Waals surface area contributed by atoms with Gasteiger partial charge in [-0.25, -0.2) is 4.98 Å². The first-order chi connectivity index (χ1) is 8.20. The van der Waals surface area contributed by atoms with Gasteiger partial charge in [-0.1, -0.05) is 6.92 Å². The molecule has 2 aromatic rings. The van der Waals surface area contributed by atoms with Crippen LogP contribution >= 0.6 is 0 Å². The van der Waals surface area contributed by atoms with Crippen molar-refractivity contribution < 1.29 is 0 Å². The van der Waals surface area contributed by atoms with Gasteiger partial charge in [0.1, 0.15) is 5.82 Å². The molecule has 0 spiro atoms. The molecule has 1 unspecified atom stereocenters. The van der Waals surface area contributed by atoms with Crippen molar-refractivity contribution in [3.63, 3.8) is 0 Å². The summed E-state index contributed by atoms with van der Waals surface area (Å²) in [7, 11) is 0. The fourth-order valence-electron chi connectivity index (χ4n) is 1.82. The maximum Gasteiger partial charge on any atom is 0.110 e. The Morgan fingerprint density at radius 1 is 1.41 bits per heavy atom. The smallest absolute Gasteiger partial charge is 0.110 e. The molecule has 0 aliphatic heterocycles. The molecule has 0 aliphatic rings. The molecule has 0 aliphatic carbocycles. The Morgan fingerprint density at radius 3 is 2.88 bits per heavy atom. The molecular weight excluding hydrogens is 212 g/mol. The molecule has 0 aromatic carbocycles. The summed E-state index contributed by atoms with van der Waals surface area (Å²) >= 11 is 0. The summed E-state index contributed by atoms with van der Waals surface area (Å²) in [6, 6.07) is 2.33. The van der Waals surface area contributed by atoms with E-state index in [2.05, 4.69) is 23.0 Å². The Balaban J connectivity index is 2.26. The second-order valence-electron chi connectivity index (χ2n) is 4.27. The lowest BCUT2D eigenvalue weighted by Crippen LogP contribution is -2.21. The number of nitrogens with zero attached hydrogens (tertiary/aromatic N) is 3. The van der Waals surface area contributed by atoms with Crippen LogP contribution in [0.5, 0.6) is 0 Å². The highest BCUT2D eigenvalue weighted by Crippen LogP contribution is 2.12. The molecule has 2 heterocycles. The van der Waals surface area contributed by atoms with Crippen LogP contribution in [0.2, 0.25) is 0 Å². The summed E-state index contributed by atoms with van der Waals surface area (Å²) < 4.78 is 2.02. The van der Waals surface area contributed by atoms with Crippen LogP contribution < -0.4 is 5.73 Å². The summed E-state index contributed by atoms with van der Waals surface area (Å²) in [4.78, 5) is 8.48. The zero-order valence-corrected chi connectivity index (χ0v) is 10.3. The van der Waals surface area contributed by atoms with E-state index in [0.717, 1.165) is 24.4 Å². The summed E-state index contributed by atoms with van der Waals surface area (Å²) in [5.41, 5.74) is 8.17. The second kappa shape index (κ2) is 5.10. The molecule has 2 N–H and O–H groups in total. The van der Waals surface area contributed by atoms with Crippen LogP contribution in [0.4, 0.5) is 0 Å². The predicted octanol–water partition coefficient (Wildman–Crippen LogP) is 1.86.